The van der Waals surface area contributed by atoms with Gasteiger partial charge in [-0.1, -0.05) is 30.3 Å². The molecule has 1 aliphatic heterocycles. The van der Waals surface area contributed by atoms with Gasteiger partial charge in [-0.05, 0) is 64.1 Å². The zero-order chi connectivity index (χ0) is 18.8. The number of nitrogens with zero attached hydrogens (tertiary/aromatic N) is 1. The van der Waals surface area contributed by atoms with E-state index in [9.17, 15) is 4.79 Å². The summed E-state index contributed by atoms with van der Waals surface area (Å²) < 4.78 is 5.38. The SMILES string of the molecule is CC(C)(NC(=O)COCCCCO)C1CCN(Cc2ccccc2)CC1. The number of aliphatic hydroxyl groups is 1. The highest BCUT2D eigenvalue weighted by molar-refractivity contribution is 5.78. The predicted molar refractivity (Wildman–Crippen MR) is 104 cm³/mol. The van der Waals surface area contributed by atoms with Crippen LogP contribution in [0.15, 0.2) is 30.3 Å². The van der Waals surface area contributed by atoms with Gasteiger partial charge < -0.3 is 15.2 Å². The fourth-order valence-corrected chi connectivity index (χ4v) is 3.63. The van der Waals surface area contributed by atoms with Crippen LogP contribution in [0.4, 0.5) is 0 Å². The van der Waals surface area contributed by atoms with Crippen LogP contribution in [0, 0.1) is 5.92 Å². The summed E-state index contributed by atoms with van der Waals surface area (Å²) >= 11 is 0. The summed E-state index contributed by atoms with van der Waals surface area (Å²) in [6.07, 6.45) is 3.69. The Balaban J connectivity index is 1.70. The van der Waals surface area contributed by atoms with Crippen molar-refractivity contribution in [2.45, 2.75) is 51.6 Å². The first-order valence-corrected chi connectivity index (χ1v) is 9.77. The van der Waals surface area contributed by atoms with E-state index in [4.69, 9.17) is 9.84 Å². The van der Waals surface area contributed by atoms with E-state index in [1.807, 2.05) is 0 Å². The van der Waals surface area contributed by atoms with Gasteiger partial charge in [-0.25, -0.2) is 0 Å². The number of rotatable bonds is 10. The van der Waals surface area contributed by atoms with E-state index in [1.54, 1.807) is 0 Å². The minimum Gasteiger partial charge on any atom is -0.396 e. The zero-order valence-electron chi connectivity index (χ0n) is 16.2. The van der Waals surface area contributed by atoms with Crippen LogP contribution in [-0.4, -0.2) is 54.4 Å². The van der Waals surface area contributed by atoms with Gasteiger partial charge in [-0.15, -0.1) is 0 Å². The molecule has 0 aliphatic carbocycles. The van der Waals surface area contributed by atoms with Crippen molar-refractivity contribution in [3.63, 3.8) is 0 Å². The van der Waals surface area contributed by atoms with Crippen molar-refractivity contribution >= 4 is 5.91 Å². The minimum absolute atomic E-state index is 0.0503. The maximum absolute atomic E-state index is 12.1. The Morgan fingerprint density at radius 3 is 2.58 bits per heavy atom. The summed E-state index contributed by atoms with van der Waals surface area (Å²) in [4.78, 5) is 14.6. The number of carbonyl (C=O) groups is 1. The van der Waals surface area contributed by atoms with Crippen molar-refractivity contribution in [1.82, 2.24) is 10.2 Å². The van der Waals surface area contributed by atoms with Crippen LogP contribution in [0.25, 0.3) is 0 Å². The number of carbonyl (C=O) groups excluding carboxylic acids is 1. The van der Waals surface area contributed by atoms with Crippen molar-refractivity contribution in [3.8, 4) is 0 Å². The van der Waals surface area contributed by atoms with Crippen molar-refractivity contribution in [2.24, 2.45) is 5.92 Å². The fraction of sp³-hybridized carbons (Fsp3) is 0.667. The molecule has 0 aromatic heterocycles. The van der Waals surface area contributed by atoms with Crippen molar-refractivity contribution in [1.29, 1.82) is 0 Å². The van der Waals surface area contributed by atoms with E-state index in [2.05, 4.69) is 54.4 Å². The molecule has 0 unspecified atom stereocenters. The molecule has 0 radical (unpaired) electrons. The highest BCUT2D eigenvalue weighted by Crippen LogP contribution is 2.28. The Labute approximate surface area is 157 Å². The highest BCUT2D eigenvalue weighted by Gasteiger charge is 2.33. The molecule has 0 saturated carbocycles. The normalized spacial score (nSPS) is 16.6. The second-order valence-electron chi connectivity index (χ2n) is 7.79. The topological polar surface area (TPSA) is 61.8 Å². The Kier molecular flexibility index (Phi) is 8.55. The predicted octanol–water partition coefficient (Wildman–Crippen LogP) is 2.58. The largest absolute Gasteiger partial charge is 0.396 e. The molecule has 1 heterocycles. The molecule has 1 saturated heterocycles. The number of hydrogen-bond donors (Lipinski definition) is 2. The number of piperidine rings is 1. The third-order valence-electron chi connectivity index (χ3n) is 5.25. The standard InChI is InChI=1S/C21H34N2O3/c1-21(2,22-20(25)17-26-15-7-6-14-24)19-10-12-23(13-11-19)16-18-8-4-3-5-9-18/h3-5,8-9,19,24H,6-7,10-17H2,1-2H3,(H,22,25). The van der Waals surface area contributed by atoms with Crippen LogP contribution in [0.3, 0.4) is 0 Å². The van der Waals surface area contributed by atoms with E-state index in [-0.39, 0.29) is 24.7 Å². The number of unbranched alkanes of at least 4 members (excludes halogenated alkanes) is 1. The molecule has 2 rings (SSSR count). The van der Waals surface area contributed by atoms with E-state index < -0.39 is 0 Å². The van der Waals surface area contributed by atoms with Crippen LogP contribution < -0.4 is 5.32 Å². The zero-order valence-corrected chi connectivity index (χ0v) is 16.2. The lowest BCUT2D eigenvalue weighted by atomic mass is 9.80. The highest BCUT2D eigenvalue weighted by atomic mass is 16.5. The molecular weight excluding hydrogens is 328 g/mol. The van der Waals surface area contributed by atoms with Gasteiger partial charge in [0.1, 0.15) is 6.61 Å². The molecule has 0 bridgehead atoms. The average Bonchev–Trinajstić information content (AvgIpc) is 2.62. The Hall–Kier alpha value is -1.43. The lowest BCUT2D eigenvalue weighted by Gasteiger charge is -2.41. The molecule has 1 fully saturated rings. The first kappa shape index (κ1) is 20.9. The number of nitrogens with one attached hydrogen (secondary N) is 1. The van der Waals surface area contributed by atoms with Gasteiger partial charge in [-0.3, -0.25) is 9.69 Å². The Bertz CT molecular complexity index is 525. The van der Waals surface area contributed by atoms with Crippen molar-refractivity contribution in [3.05, 3.63) is 35.9 Å². The van der Waals surface area contributed by atoms with Crippen LogP contribution in [0.5, 0.6) is 0 Å². The third kappa shape index (κ3) is 7.06. The van der Waals surface area contributed by atoms with Gasteiger partial charge in [0.15, 0.2) is 0 Å². The molecule has 146 valence electrons. The maximum Gasteiger partial charge on any atom is 0.246 e. The molecule has 2 N–H and O–H groups in total. The monoisotopic (exact) mass is 362 g/mol. The quantitative estimate of drug-likeness (QED) is 0.628. The van der Waals surface area contributed by atoms with Gasteiger partial charge >= 0.3 is 0 Å². The number of likely N-dealkylation sites (tertiary alicyclic amines) is 1. The van der Waals surface area contributed by atoms with Gasteiger partial charge in [0.2, 0.25) is 5.91 Å². The lowest BCUT2D eigenvalue weighted by molar-refractivity contribution is -0.128. The van der Waals surface area contributed by atoms with Gasteiger partial charge in [-0.2, -0.15) is 0 Å². The third-order valence-corrected chi connectivity index (χ3v) is 5.25. The molecule has 1 amide bonds. The van der Waals surface area contributed by atoms with Crippen molar-refractivity contribution < 1.29 is 14.6 Å². The van der Waals surface area contributed by atoms with Crippen molar-refractivity contribution in [2.75, 3.05) is 32.9 Å². The molecule has 26 heavy (non-hydrogen) atoms. The first-order valence-electron chi connectivity index (χ1n) is 9.77. The van der Waals surface area contributed by atoms with E-state index in [0.29, 0.717) is 18.9 Å². The molecule has 1 aromatic carbocycles. The summed E-state index contributed by atoms with van der Waals surface area (Å²) in [5.41, 5.74) is 1.14. The molecular formula is C21H34N2O3. The number of ether oxygens (including phenoxy) is 1. The van der Waals surface area contributed by atoms with E-state index in [0.717, 1.165) is 38.9 Å². The summed E-state index contributed by atoms with van der Waals surface area (Å²) in [6.45, 7) is 8.16. The number of benzene rings is 1. The summed E-state index contributed by atoms with van der Waals surface area (Å²) in [5.74, 6) is 0.429. The molecule has 0 atom stereocenters. The molecule has 1 aliphatic rings. The summed E-state index contributed by atoms with van der Waals surface area (Å²) in [6, 6.07) is 10.6. The molecule has 0 spiro atoms. The molecule has 5 nitrogen and oxygen atoms in total. The minimum atomic E-state index is -0.218. The van der Waals surface area contributed by atoms with Crippen LogP contribution in [-0.2, 0) is 16.1 Å². The maximum atomic E-state index is 12.1. The Morgan fingerprint density at radius 2 is 1.92 bits per heavy atom. The van der Waals surface area contributed by atoms with Gasteiger partial charge in [0.25, 0.3) is 0 Å². The Morgan fingerprint density at radius 1 is 1.23 bits per heavy atom. The van der Waals surface area contributed by atoms with E-state index >= 15 is 0 Å². The average molecular weight is 363 g/mol. The number of aliphatic hydroxyl groups excluding tert-OH is 1. The van der Waals surface area contributed by atoms with Crippen LogP contribution in [0.1, 0.15) is 45.1 Å². The second kappa shape index (κ2) is 10.7. The van der Waals surface area contributed by atoms with Crippen LogP contribution >= 0.6 is 0 Å². The van der Waals surface area contributed by atoms with Crippen LogP contribution in [0.2, 0.25) is 0 Å². The lowest BCUT2D eigenvalue weighted by Crippen LogP contribution is -2.53. The van der Waals surface area contributed by atoms with E-state index in [1.165, 1.54) is 5.56 Å². The summed E-state index contributed by atoms with van der Waals surface area (Å²) in [7, 11) is 0. The number of amides is 1. The molecule has 5 heteroatoms. The van der Waals surface area contributed by atoms with Gasteiger partial charge in [0, 0.05) is 25.3 Å². The smallest absolute Gasteiger partial charge is 0.246 e. The molecule has 1 aromatic rings. The summed E-state index contributed by atoms with van der Waals surface area (Å²) in [5, 5.41) is 11.9. The first-order chi connectivity index (χ1) is 12.5. The number of hydrogen-bond acceptors (Lipinski definition) is 4. The van der Waals surface area contributed by atoms with Gasteiger partial charge in [0.05, 0.1) is 0 Å². The second-order valence-corrected chi connectivity index (χ2v) is 7.79. The fourth-order valence-electron chi connectivity index (χ4n) is 3.63.